The van der Waals surface area contributed by atoms with Crippen LogP contribution in [0.25, 0.3) is 16.9 Å². The van der Waals surface area contributed by atoms with Crippen molar-refractivity contribution in [3.05, 3.63) is 84.2 Å². The highest BCUT2D eigenvalue weighted by Crippen LogP contribution is 2.25. The van der Waals surface area contributed by atoms with Crippen molar-refractivity contribution in [2.45, 2.75) is 13.3 Å². The molecular formula is C22H16F3N3O2. The fourth-order valence-corrected chi connectivity index (χ4v) is 3.06. The van der Waals surface area contributed by atoms with Crippen LogP contribution in [0.15, 0.2) is 73.1 Å². The summed E-state index contributed by atoms with van der Waals surface area (Å²) in [5, 5.41) is 2.74. The molecule has 5 nitrogen and oxygen atoms in total. The highest BCUT2D eigenvalue weighted by Gasteiger charge is 2.31. The van der Waals surface area contributed by atoms with Crippen LogP contribution in [0, 0.1) is 6.92 Å². The maximum Gasteiger partial charge on any atom is 0.573 e. The quantitative estimate of drug-likeness (QED) is 0.485. The Morgan fingerprint density at radius 2 is 1.83 bits per heavy atom. The third kappa shape index (κ3) is 4.27. The summed E-state index contributed by atoms with van der Waals surface area (Å²) in [5.41, 5.74) is 4.23. The number of imidazole rings is 1. The summed E-state index contributed by atoms with van der Waals surface area (Å²) in [4.78, 5) is 17.1. The topological polar surface area (TPSA) is 55.6 Å². The minimum Gasteiger partial charge on any atom is -0.406 e. The van der Waals surface area contributed by atoms with Gasteiger partial charge in [0.1, 0.15) is 11.4 Å². The van der Waals surface area contributed by atoms with E-state index >= 15 is 0 Å². The van der Waals surface area contributed by atoms with E-state index in [4.69, 9.17) is 0 Å². The first kappa shape index (κ1) is 19.5. The number of aryl methyl sites for hydroxylation is 1. The van der Waals surface area contributed by atoms with Crippen molar-refractivity contribution in [3.8, 4) is 17.0 Å². The Bertz CT molecular complexity index is 1210. The van der Waals surface area contributed by atoms with Crippen molar-refractivity contribution in [1.82, 2.24) is 9.38 Å². The highest BCUT2D eigenvalue weighted by molar-refractivity contribution is 6.04. The number of carbonyl (C=O) groups excluding carboxylic acids is 1. The second-order valence-corrected chi connectivity index (χ2v) is 6.66. The number of hydrogen-bond acceptors (Lipinski definition) is 3. The third-order valence-electron chi connectivity index (χ3n) is 4.44. The maximum atomic E-state index is 12.5. The molecule has 0 unspecified atom stereocenters. The SMILES string of the molecule is Cc1cccn2cc(-c3cccc(NC(=O)c4ccc(OC(F)(F)F)cc4)c3)nc12. The Morgan fingerprint density at radius 1 is 1.07 bits per heavy atom. The van der Waals surface area contributed by atoms with Crippen LogP contribution < -0.4 is 10.1 Å². The Morgan fingerprint density at radius 3 is 2.53 bits per heavy atom. The molecule has 2 heterocycles. The van der Waals surface area contributed by atoms with Crippen molar-refractivity contribution in [2.75, 3.05) is 5.32 Å². The van der Waals surface area contributed by atoms with Crippen LogP contribution in [-0.4, -0.2) is 21.7 Å². The minimum absolute atomic E-state index is 0.207. The van der Waals surface area contributed by atoms with E-state index in [0.717, 1.165) is 34.6 Å². The molecule has 0 bridgehead atoms. The average molecular weight is 411 g/mol. The highest BCUT2D eigenvalue weighted by atomic mass is 19.4. The smallest absolute Gasteiger partial charge is 0.406 e. The Hall–Kier alpha value is -3.81. The molecule has 30 heavy (non-hydrogen) atoms. The van der Waals surface area contributed by atoms with Gasteiger partial charge in [-0.2, -0.15) is 0 Å². The van der Waals surface area contributed by atoms with Crippen LogP contribution in [-0.2, 0) is 0 Å². The molecule has 1 N–H and O–H groups in total. The lowest BCUT2D eigenvalue weighted by Crippen LogP contribution is -2.17. The van der Waals surface area contributed by atoms with Gasteiger partial charge in [0.2, 0.25) is 0 Å². The number of alkyl halides is 3. The molecule has 0 aliphatic rings. The van der Waals surface area contributed by atoms with Crippen molar-refractivity contribution in [2.24, 2.45) is 0 Å². The first-order valence-corrected chi connectivity index (χ1v) is 9.00. The lowest BCUT2D eigenvalue weighted by Gasteiger charge is -2.10. The third-order valence-corrected chi connectivity index (χ3v) is 4.44. The summed E-state index contributed by atoms with van der Waals surface area (Å²) in [6, 6.07) is 15.8. The number of halogens is 3. The molecule has 0 atom stereocenters. The molecule has 0 saturated heterocycles. The predicted molar refractivity (Wildman–Crippen MR) is 106 cm³/mol. The normalized spacial score (nSPS) is 11.5. The van der Waals surface area contributed by atoms with Crippen molar-refractivity contribution >= 4 is 17.2 Å². The summed E-state index contributed by atoms with van der Waals surface area (Å²) in [5.74, 6) is -0.834. The average Bonchev–Trinajstić information content (AvgIpc) is 3.13. The number of carbonyl (C=O) groups is 1. The van der Waals surface area contributed by atoms with E-state index < -0.39 is 12.3 Å². The van der Waals surface area contributed by atoms with Gasteiger partial charge in [-0.25, -0.2) is 4.98 Å². The summed E-state index contributed by atoms with van der Waals surface area (Å²) < 4.78 is 42.5. The molecule has 0 fully saturated rings. The molecule has 2 aromatic carbocycles. The van der Waals surface area contributed by atoms with E-state index in [-0.39, 0.29) is 11.3 Å². The van der Waals surface area contributed by atoms with Gasteiger partial charge in [0.05, 0.1) is 5.69 Å². The number of amides is 1. The summed E-state index contributed by atoms with van der Waals surface area (Å²) in [7, 11) is 0. The number of nitrogens with one attached hydrogen (secondary N) is 1. The predicted octanol–water partition coefficient (Wildman–Crippen LogP) is 5.46. The zero-order chi connectivity index (χ0) is 21.3. The van der Waals surface area contributed by atoms with Crippen LogP contribution in [0.2, 0.25) is 0 Å². The Kier molecular flexibility index (Phi) is 4.91. The number of hydrogen-bond donors (Lipinski definition) is 1. The van der Waals surface area contributed by atoms with Crippen molar-refractivity contribution in [1.29, 1.82) is 0 Å². The fraction of sp³-hybridized carbons (Fsp3) is 0.0909. The lowest BCUT2D eigenvalue weighted by molar-refractivity contribution is -0.274. The first-order chi connectivity index (χ1) is 14.3. The monoisotopic (exact) mass is 411 g/mol. The van der Waals surface area contributed by atoms with Gasteiger partial charge in [0.15, 0.2) is 0 Å². The Labute approximate surface area is 169 Å². The van der Waals surface area contributed by atoms with Crippen molar-refractivity contribution in [3.63, 3.8) is 0 Å². The molecule has 0 aliphatic heterocycles. The lowest BCUT2D eigenvalue weighted by atomic mass is 10.1. The standard InChI is InChI=1S/C22H16F3N3O2/c1-14-4-3-11-28-13-19(27-20(14)28)16-5-2-6-17(12-16)26-21(29)15-7-9-18(10-8-15)30-22(23,24)25/h2-13H,1H3,(H,26,29). The number of rotatable bonds is 4. The minimum atomic E-state index is -4.78. The van der Waals surface area contributed by atoms with E-state index in [9.17, 15) is 18.0 Å². The van der Waals surface area contributed by atoms with Crippen molar-refractivity contribution < 1.29 is 22.7 Å². The van der Waals surface area contributed by atoms with Crippen LogP contribution in [0.5, 0.6) is 5.75 Å². The summed E-state index contributed by atoms with van der Waals surface area (Å²) >= 11 is 0. The van der Waals surface area contributed by atoms with Gasteiger partial charge in [-0.05, 0) is 55.0 Å². The number of aromatic nitrogens is 2. The molecule has 152 valence electrons. The van der Waals surface area contributed by atoms with E-state index in [1.165, 1.54) is 12.1 Å². The van der Waals surface area contributed by atoms with E-state index in [0.29, 0.717) is 5.69 Å². The molecule has 0 saturated carbocycles. The molecule has 2 aromatic heterocycles. The fourth-order valence-electron chi connectivity index (χ4n) is 3.06. The zero-order valence-corrected chi connectivity index (χ0v) is 15.8. The molecule has 8 heteroatoms. The van der Waals surface area contributed by atoms with Gasteiger partial charge in [0, 0.05) is 29.2 Å². The number of ether oxygens (including phenoxy) is 1. The molecule has 0 aliphatic carbocycles. The number of benzene rings is 2. The maximum absolute atomic E-state index is 12.5. The largest absolute Gasteiger partial charge is 0.573 e. The van der Waals surface area contributed by atoms with Gasteiger partial charge in [-0.15, -0.1) is 13.2 Å². The second kappa shape index (κ2) is 7.55. The number of nitrogens with zero attached hydrogens (tertiary/aromatic N) is 2. The summed E-state index contributed by atoms with van der Waals surface area (Å²) in [6.07, 6.45) is -0.958. The number of pyridine rings is 1. The second-order valence-electron chi connectivity index (χ2n) is 6.66. The van der Waals surface area contributed by atoms with Crippen LogP contribution in [0.1, 0.15) is 15.9 Å². The van der Waals surface area contributed by atoms with E-state index in [1.54, 1.807) is 18.2 Å². The molecule has 1 amide bonds. The zero-order valence-electron chi connectivity index (χ0n) is 15.8. The van der Waals surface area contributed by atoms with Gasteiger partial charge >= 0.3 is 6.36 Å². The van der Waals surface area contributed by atoms with Gasteiger partial charge < -0.3 is 14.5 Å². The van der Waals surface area contributed by atoms with Gasteiger partial charge in [0.25, 0.3) is 5.91 Å². The summed E-state index contributed by atoms with van der Waals surface area (Å²) in [6.45, 7) is 1.98. The van der Waals surface area contributed by atoms with E-state index in [1.807, 2.05) is 41.9 Å². The van der Waals surface area contributed by atoms with Crippen LogP contribution in [0.3, 0.4) is 0 Å². The first-order valence-electron chi connectivity index (χ1n) is 9.00. The molecule has 4 rings (SSSR count). The van der Waals surface area contributed by atoms with Crippen LogP contribution >= 0.6 is 0 Å². The number of anilines is 1. The van der Waals surface area contributed by atoms with E-state index in [2.05, 4.69) is 15.0 Å². The van der Waals surface area contributed by atoms with Gasteiger partial charge in [-0.1, -0.05) is 18.2 Å². The Balaban J connectivity index is 1.52. The van der Waals surface area contributed by atoms with Crippen LogP contribution in [0.4, 0.5) is 18.9 Å². The number of fused-ring (bicyclic) bond motifs is 1. The van der Waals surface area contributed by atoms with Gasteiger partial charge in [-0.3, -0.25) is 4.79 Å². The molecule has 4 aromatic rings. The molecule has 0 radical (unpaired) electrons. The molecule has 0 spiro atoms. The molecular weight excluding hydrogens is 395 g/mol.